The number of amides is 1. The molecule has 276 valence electrons. The lowest BCUT2D eigenvalue weighted by molar-refractivity contribution is 0.145. The van der Waals surface area contributed by atoms with Crippen molar-refractivity contribution in [1.82, 2.24) is 19.8 Å². The van der Waals surface area contributed by atoms with Gasteiger partial charge in [-0.1, -0.05) is 24.3 Å². The first-order chi connectivity index (χ1) is 25.3. The molecular weight excluding hydrogens is 664 g/mol. The normalized spacial score (nSPS) is 13.2. The number of ether oxygens (including phenoxy) is 6. The van der Waals surface area contributed by atoms with Crippen LogP contribution in [0.25, 0.3) is 0 Å². The second-order valence-corrected chi connectivity index (χ2v) is 12.2. The van der Waals surface area contributed by atoms with E-state index in [1.807, 2.05) is 31.2 Å². The third-order valence-electron chi connectivity index (χ3n) is 8.70. The molecule has 13 nitrogen and oxygen atoms in total. The first kappa shape index (κ1) is 37.7. The van der Waals surface area contributed by atoms with Crippen molar-refractivity contribution in [2.24, 2.45) is 0 Å². The second-order valence-electron chi connectivity index (χ2n) is 12.2. The molecule has 0 atom stereocenters. The van der Waals surface area contributed by atoms with Gasteiger partial charge in [-0.15, -0.1) is 6.58 Å². The number of piperazine rings is 1. The fraction of sp³-hybridized carbons (Fsp3) is 0.359. The summed E-state index contributed by atoms with van der Waals surface area (Å²) in [6.07, 6.45) is 3.99. The number of hydrogen-bond donors (Lipinski definition) is 1. The molecule has 1 aliphatic heterocycles. The molecule has 1 aliphatic rings. The van der Waals surface area contributed by atoms with Gasteiger partial charge < -0.3 is 43.5 Å². The predicted molar refractivity (Wildman–Crippen MR) is 202 cm³/mol. The highest BCUT2D eigenvalue weighted by Gasteiger charge is 2.27. The number of methoxy groups -OCH3 is 4. The molecular formula is C39H48N6O7. The quantitative estimate of drug-likeness (QED) is 0.0990. The Kier molecular flexibility index (Phi) is 13.1. The molecule has 13 heteroatoms. The number of benzene rings is 3. The zero-order valence-electron chi connectivity index (χ0n) is 30.8. The molecule has 0 saturated carbocycles. The molecule has 1 N–H and O–H groups in total. The highest BCUT2D eigenvalue weighted by Crippen LogP contribution is 2.41. The van der Waals surface area contributed by atoms with E-state index in [4.69, 9.17) is 33.4 Å². The number of anilines is 4. The summed E-state index contributed by atoms with van der Waals surface area (Å²) in [5.74, 6) is 3.27. The van der Waals surface area contributed by atoms with Crippen LogP contribution in [0.5, 0.6) is 34.5 Å². The number of carbonyl (C=O) groups excluding carboxylic acids is 1. The van der Waals surface area contributed by atoms with Crippen LogP contribution in [0.2, 0.25) is 0 Å². The second kappa shape index (κ2) is 18.1. The molecule has 52 heavy (non-hydrogen) atoms. The third kappa shape index (κ3) is 9.22. The molecule has 0 spiro atoms. The van der Waals surface area contributed by atoms with Gasteiger partial charge in [0.05, 0.1) is 40.7 Å². The third-order valence-corrected chi connectivity index (χ3v) is 8.70. The highest BCUT2D eigenvalue weighted by atomic mass is 16.6. The molecule has 1 amide bonds. The van der Waals surface area contributed by atoms with Crippen LogP contribution in [0.1, 0.15) is 17.5 Å². The summed E-state index contributed by atoms with van der Waals surface area (Å²) < 4.78 is 34.8. The zero-order chi connectivity index (χ0) is 37.0. The number of likely N-dealkylation sites (N-methyl/N-ethyl adjacent to an activating group) is 1. The summed E-state index contributed by atoms with van der Waals surface area (Å²) in [6.45, 7) is 11.4. The average Bonchev–Trinajstić information content (AvgIpc) is 3.15. The van der Waals surface area contributed by atoms with Crippen molar-refractivity contribution in [3.8, 4) is 34.5 Å². The number of nitrogens with one attached hydrogen (secondary N) is 1. The smallest absolute Gasteiger partial charge is 0.425 e. The van der Waals surface area contributed by atoms with Crippen LogP contribution in [0.3, 0.4) is 0 Å². The summed E-state index contributed by atoms with van der Waals surface area (Å²) in [4.78, 5) is 29.5. The number of aromatic nitrogens is 2. The van der Waals surface area contributed by atoms with E-state index < -0.39 is 6.09 Å². The molecule has 5 rings (SSSR count). The maximum Gasteiger partial charge on any atom is 0.425 e. The Morgan fingerprint density at radius 1 is 0.923 bits per heavy atom. The van der Waals surface area contributed by atoms with Gasteiger partial charge in [0.25, 0.3) is 0 Å². The van der Waals surface area contributed by atoms with Crippen molar-refractivity contribution in [2.45, 2.75) is 19.8 Å². The number of aryl methyl sites for hydroxylation is 1. The summed E-state index contributed by atoms with van der Waals surface area (Å²) >= 11 is 0. The van der Waals surface area contributed by atoms with Crippen molar-refractivity contribution in [2.75, 3.05) is 85.0 Å². The Hall–Kier alpha value is -5.53. The van der Waals surface area contributed by atoms with Crippen molar-refractivity contribution >= 4 is 29.2 Å². The van der Waals surface area contributed by atoms with E-state index in [0.29, 0.717) is 58.9 Å². The summed E-state index contributed by atoms with van der Waals surface area (Å²) in [7, 11) is 8.36. The first-order valence-corrected chi connectivity index (χ1v) is 17.1. The lowest BCUT2D eigenvalue weighted by atomic mass is 10.1. The van der Waals surface area contributed by atoms with Crippen LogP contribution >= 0.6 is 0 Å². The van der Waals surface area contributed by atoms with Crippen LogP contribution in [-0.4, -0.2) is 101 Å². The predicted octanol–water partition coefficient (Wildman–Crippen LogP) is 6.64. The molecule has 0 aliphatic carbocycles. The standard InChI is InChI=1S/C39H48N6O7/c1-8-11-28-13-9-12-27(2)36(28)52-39(46)45(31-15-14-30(47-4)26-32(31)48-5)35-16-17-40-38(42-35)41-29-24-33(49-6)37(50-7)34(25-29)51-23-10-18-44-21-19-43(3)20-22-44/h8-9,12-17,24-26H,1,10-11,18-23H2,2-7H3,(H,40,41,42). The number of carbonyl (C=O) groups is 1. The zero-order valence-corrected chi connectivity index (χ0v) is 30.8. The number of hydrogen-bond acceptors (Lipinski definition) is 12. The number of rotatable bonds is 16. The lowest BCUT2D eigenvalue weighted by Crippen LogP contribution is -2.44. The fourth-order valence-electron chi connectivity index (χ4n) is 5.91. The number of para-hydroxylation sites is 1. The van der Waals surface area contributed by atoms with Crippen molar-refractivity contribution in [3.05, 3.63) is 84.6 Å². The van der Waals surface area contributed by atoms with Gasteiger partial charge >= 0.3 is 6.09 Å². The Bertz CT molecular complexity index is 1830. The molecule has 1 aromatic heterocycles. The van der Waals surface area contributed by atoms with Crippen LogP contribution in [0, 0.1) is 6.92 Å². The van der Waals surface area contributed by atoms with Gasteiger partial charge in [0.15, 0.2) is 11.5 Å². The van der Waals surface area contributed by atoms with Gasteiger partial charge in [-0.3, -0.25) is 0 Å². The maximum atomic E-state index is 14.2. The Balaban J connectivity index is 1.44. The summed E-state index contributed by atoms with van der Waals surface area (Å²) in [6, 6.07) is 16.0. The largest absolute Gasteiger partial charge is 0.497 e. The van der Waals surface area contributed by atoms with Crippen LogP contribution in [-0.2, 0) is 6.42 Å². The monoisotopic (exact) mass is 712 g/mol. The van der Waals surface area contributed by atoms with Crippen molar-refractivity contribution < 1.29 is 33.2 Å². The molecule has 4 aromatic rings. The van der Waals surface area contributed by atoms with E-state index >= 15 is 0 Å². The summed E-state index contributed by atoms with van der Waals surface area (Å²) in [5.41, 5.74) is 2.59. The van der Waals surface area contributed by atoms with Gasteiger partial charge in [0, 0.05) is 68.9 Å². The average molecular weight is 713 g/mol. The molecule has 0 unspecified atom stereocenters. The van der Waals surface area contributed by atoms with Gasteiger partial charge in [0.2, 0.25) is 11.7 Å². The van der Waals surface area contributed by atoms with Crippen LogP contribution < -0.4 is 38.6 Å². The summed E-state index contributed by atoms with van der Waals surface area (Å²) in [5, 5.41) is 3.24. The Labute approximate surface area is 305 Å². The molecule has 0 radical (unpaired) electrons. The van der Waals surface area contributed by atoms with Gasteiger partial charge in [-0.05, 0) is 50.1 Å². The minimum absolute atomic E-state index is 0.208. The van der Waals surface area contributed by atoms with E-state index in [2.05, 4.69) is 33.7 Å². The highest BCUT2D eigenvalue weighted by molar-refractivity contribution is 5.98. The maximum absolute atomic E-state index is 14.2. The minimum Gasteiger partial charge on any atom is -0.497 e. The first-order valence-electron chi connectivity index (χ1n) is 17.1. The topological polar surface area (TPSA) is 120 Å². The van der Waals surface area contributed by atoms with Crippen LogP contribution in [0.15, 0.2) is 73.4 Å². The molecule has 0 bridgehead atoms. The van der Waals surface area contributed by atoms with Crippen molar-refractivity contribution in [1.29, 1.82) is 0 Å². The number of nitrogens with zero attached hydrogens (tertiary/aromatic N) is 5. The number of allylic oxidation sites excluding steroid dienone is 1. The Morgan fingerprint density at radius 3 is 2.40 bits per heavy atom. The minimum atomic E-state index is -0.703. The lowest BCUT2D eigenvalue weighted by Gasteiger charge is -2.32. The van der Waals surface area contributed by atoms with Gasteiger partial charge in [-0.25, -0.2) is 14.7 Å². The van der Waals surface area contributed by atoms with E-state index in [-0.39, 0.29) is 11.8 Å². The van der Waals surface area contributed by atoms with E-state index in [1.54, 1.807) is 63.9 Å². The van der Waals surface area contributed by atoms with E-state index in [0.717, 1.165) is 50.3 Å². The van der Waals surface area contributed by atoms with Gasteiger partial charge in [-0.2, -0.15) is 4.98 Å². The molecule has 2 heterocycles. The van der Waals surface area contributed by atoms with E-state index in [9.17, 15) is 4.79 Å². The molecule has 1 fully saturated rings. The van der Waals surface area contributed by atoms with E-state index in [1.165, 1.54) is 12.0 Å². The van der Waals surface area contributed by atoms with Gasteiger partial charge in [0.1, 0.15) is 23.1 Å². The van der Waals surface area contributed by atoms with Crippen molar-refractivity contribution in [3.63, 3.8) is 0 Å². The SMILES string of the molecule is C=CCc1cccc(C)c1OC(=O)N(c1ccnc(Nc2cc(OC)c(OC)c(OCCCN3CCN(C)CC3)c2)n1)c1ccc(OC)cc1OC. The molecule has 3 aromatic carbocycles. The van der Waals surface area contributed by atoms with Crippen LogP contribution in [0.4, 0.5) is 27.9 Å². The fourth-order valence-corrected chi connectivity index (χ4v) is 5.91. The Morgan fingerprint density at radius 2 is 1.69 bits per heavy atom. The molecule has 1 saturated heterocycles.